The van der Waals surface area contributed by atoms with E-state index >= 15 is 0 Å². The van der Waals surface area contributed by atoms with Crippen LogP contribution in [-0.4, -0.2) is 27.5 Å². The summed E-state index contributed by atoms with van der Waals surface area (Å²) in [5.74, 6) is -7.55. The molecule has 2 aliphatic rings. The molecule has 1 heterocycles. The Morgan fingerprint density at radius 1 is 0.853 bits per heavy atom. The normalized spacial score (nSPS) is 26.5. The lowest BCUT2D eigenvalue weighted by Crippen LogP contribution is -2.42. The van der Waals surface area contributed by atoms with E-state index in [4.69, 9.17) is 0 Å². The Morgan fingerprint density at radius 2 is 1.41 bits per heavy atom. The van der Waals surface area contributed by atoms with Crippen molar-refractivity contribution in [1.82, 2.24) is 0 Å². The Kier molecular flexibility index (Phi) is 9.37. The summed E-state index contributed by atoms with van der Waals surface area (Å²) in [6.07, 6.45) is 4.35. The van der Waals surface area contributed by atoms with Crippen molar-refractivity contribution >= 4 is 8.80 Å². The minimum atomic E-state index is -5.85. The minimum absolute atomic E-state index is 0.0503. The van der Waals surface area contributed by atoms with Gasteiger partial charge in [-0.1, -0.05) is 57.2 Å². The Morgan fingerprint density at radius 3 is 1.94 bits per heavy atom. The third kappa shape index (κ3) is 6.91. The molecular formula is C25H35F7OSi. The molecule has 1 aromatic carbocycles. The quantitative estimate of drug-likeness (QED) is 0.183. The summed E-state index contributed by atoms with van der Waals surface area (Å²) in [6.45, 7) is 0.0676. The second-order valence-electron chi connectivity index (χ2n) is 10.2. The van der Waals surface area contributed by atoms with Crippen LogP contribution >= 0.6 is 0 Å². The molecule has 1 aliphatic heterocycles. The number of alkyl halides is 5. The predicted octanol–water partition coefficient (Wildman–Crippen LogP) is 8.64. The number of ether oxygens (including phenoxy) is 1. The molecule has 0 unspecified atom stereocenters. The lowest BCUT2D eigenvalue weighted by molar-refractivity contribution is -0.290. The zero-order valence-electron chi connectivity index (χ0n) is 19.7. The van der Waals surface area contributed by atoms with Crippen molar-refractivity contribution in [2.75, 3.05) is 6.61 Å². The molecular weight excluding hydrogens is 477 g/mol. The van der Waals surface area contributed by atoms with E-state index in [0.717, 1.165) is 43.7 Å². The van der Waals surface area contributed by atoms with Gasteiger partial charge < -0.3 is 4.74 Å². The third-order valence-corrected chi connectivity index (χ3v) is 11.4. The van der Waals surface area contributed by atoms with Gasteiger partial charge in [-0.2, -0.15) is 22.0 Å². The molecule has 34 heavy (non-hydrogen) atoms. The highest BCUT2D eigenvalue weighted by molar-refractivity contribution is 6.58. The van der Waals surface area contributed by atoms with E-state index in [2.05, 4.69) is 11.7 Å². The zero-order valence-corrected chi connectivity index (χ0v) is 20.9. The average Bonchev–Trinajstić information content (AvgIpc) is 2.78. The van der Waals surface area contributed by atoms with Gasteiger partial charge in [0.05, 0.1) is 0 Å². The highest BCUT2D eigenvalue weighted by Crippen LogP contribution is 2.44. The fourth-order valence-corrected chi connectivity index (χ4v) is 9.28. The average molecular weight is 513 g/mol. The first kappa shape index (κ1) is 27.3. The maximum Gasteiger partial charge on any atom is 0.456 e. The molecule has 0 spiro atoms. The Labute approximate surface area is 199 Å². The number of rotatable bonds is 9. The number of unbranched alkanes of at least 4 members (excludes halogenated alkanes) is 2. The van der Waals surface area contributed by atoms with E-state index in [1.807, 2.05) is 0 Å². The van der Waals surface area contributed by atoms with Crippen molar-refractivity contribution in [3.63, 3.8) is 0 Å². The van der Waals surface area contributed by atoms with Crippen LogP contribution in [0, 0.1) is 23.5 Å². The van der Waals surface area contributed by atoms with E-state index in [1.54, 1.807) is 0 Å². The van der Waals surface area contributed by atoms with Gasteiger partial charge in [0.1, 0.15) is 0 Å². The van der Waals surface area contributed by atoms with Crippen LogP contribution in [0.2, 0.25) is 18.1 Å². The Hall–Kier alpha value is -1.25. The van der Waals surface area contributed by atoms with Crippen molar-refractivity contribution in [3.05, 3.63) is 29.3 Å². The molecule has 9 heteroatoms. The van der Waals surface area contributed by atoms with Crippen LogP contribution in [0.4, 0.5) is 30.7 Å². The molecule has 0 atom stereocenters. The maximum absolute atomic E-state index is 14.4. The van der Waals surface area contributed by atoms with Gasteiger partial charge in [-0.25, -0.2) is 8.78 Å². The van der Waals surface area contributed by atoms with E-state index in [-0.39, 0.29) is 5.92 Å². The van der Waals surface area contributed by atoms with Gasteiger partial charge in [0.2, 0.25) is 0 Å². The summed E-state index contributed by atoms with van der Waals surface area (Å²) >= 11 is 0. The molecule has 2 fully saturated rings. The summed E-state index contributed by atoms with van der Waals surface area (Å²) in [5.41, 5.74) is 0.412. The topological polar surface area (TPSA) is 9.23 Å². The molecule has 1 aromatic rings. The largest absolute Gasteiger partial charge is 0.481 e. The molecule has 0 aromatic heterocycles. The van der Waals surface area contributed by atoms with E-state index in [0.29, 0.717) is 11.5 Å². The first-order valence-corrected chi connectivity index (χ1v) is 15.0. The number of benzene rings is 1. The third-order valence-electron chi connectivity index (χ3n) is 7.85. The monoisotopic (exact) mass is 512 g/mol. The van der Waals surface area contributed by atoms with Crippen molar-refractivity contribution in [2.45, 2.75) is 101 Å². The summed E-state index contributed by atoms with van der Waals surface area (Å²) in [6, 6.07) is 6.36. The van der Waals surface area contributed by atoms with Crippen molar-refractivity contribution in [3.8, 4) is 5.75 Å². The lowest BCUT2D eigenvalue weighted by Gasteiger charge is -2.37. The van der Waals surface area contributed by atoms with Gasteiger partial charge in [-0.05, 0) is 61.1 Å². The van der Waals surface area contributed by atoms with Crippen LogP contribution in [0.15, 0.2) is 12.1 Å². The van der Waals surface area contributed by atoms with Crippen molar-refractivity contribution in [2.24, 2.45) is 11.8 Å². The fraction of sp³-hybridized carbons (Fsp3) is 0.760. The van der Waals surface area contributed by atoms with Gasteiger partial charge in [-0.3, -0.25) is 0 Å². The van der Waals surface area contributed by atoms with Gasteiger partial charge in [0, 0.05) is 8.80 Å². The van der Waals surface area contributed by atoms with Gasteiger partial charge in [0.25, 0.3) is 0 Å². The molecule has 1 nitrogen and oxygen atoms in total. The highest BCUT2D eigenvalue weighted by Gasteiger charge is 2.58. The first-order chi connectivity index (χ1) is 16.0. The molecule has 1 saturated carbocycles. The van der Waals surface area contributed by atoms with Crippen molar-refractivity contribution in [1.29, 1.82) is 0 Å². The van der Waals surface area contributed by atoms with Crippen LogP contribution < -0.4 is 4.74 Å². The number of hydrogen-bond acceptors (Lipinski definition) is 1. The van der Waals surface area contributed by atoms with Crippen LogP contribution in [0.1, 0.15) is 76.2 Å². The summed E-state index contributed by atoms with van der Waals surface area (Å²) in [4.78, 5) is 0. The molecule has 0 bridgehead atoms. The van der Waals surface area contributed by atoms with Crippen molar-refractivity contribution < 1.29 is 35.5 Å². The molecule has 0 N–H and O–H groups in total. The highest BCUT2D eigenvalue weighted by atomic mass is 28.3. The second kappa shape index (κ2) is 11.7. The summed E-state index contributed by atoms with van der Waals surface area (Å²) in [7, 11) is -0.560. The molecule has 0 amide bonds. The standard InChI is InChI=1S/C25H35F7OSi/c1-2-3-4-11-34-12-9-19(10-13-34)17-5-7-18(8-6-17)20-14-21(26)23(22(27)15-20)33-16-24(28,29)25(30,31)32/h14-15,17-19,34H,2-13,16H2,1H3/t17-,18-,19-,34-. The Bertz CT molecular complexity index is 759. The fourth-order valence-electron chi connectivity index (χ4n) is 5.75. The minimum Gasteiger partial charge on any atom is -0.481 e. The van der Waals surface area contributed by atoms with E-state index < -0.39 is 44.9 Å². The van der Waals surface area contributed by atoms with Crippen LogP contribution in [0.25, 0.3) is 0 Å². The van der Waals surface area contributed by atoms with Crippen LogP contribution in [0.3, 0.4) is 0 Å². The maximum atomic E-state index is 14.4. The lowest BCUT2D eigenvalue weighted by atomic mass is 9.72. The SMILES string of the molecule is CCCCC[Si@H]1CC[C@H]([C@H]2CC[C@H](c3cc(F)c(OCC(F)(F)C(F)(F)F)c(F)c3)CC2)CC1. The predicted molar refractivity (Wildman–Crippen MR) is 121 cm³/mol. The van der Waals surface area contributed by atoms with Gasteiger partial charge in [0.15, 0.2) is 24.0 Å². The van der Waals surface area contributed by atoms with Crippen LogP contribution in [0.5, 0.6) is 5.75 Å². The summed E-state index contributed by atoms with van der Waals surface area (Å²) < 4.78 is 95.9. The molecule has 1 saturated heterocycles. The smallest absolute Gasteiger partial charge is 0.456 e. The van der Waals surface area contributed by atoms with Gasteiger partial charge in [-0.15, -0.1) is 0 Å². The number of halogens is 7. The van der Waals surface area contributed by atoms with Crippen LogP contribution in [-0.2, 0) is 0 Å². The number of hydrogen-bond donors (Lipinski definition) is 0. The second-order valence-corrected chi connectivity index (χ2v) is 13.7. The first-order valence-electron chi connectivity index (χ1n) is 12.6. The molecule has 1 aliphatic carbocycles. The molecule has 194 valence electrons. The Balaban J connectivity index is 1.51. The van der Waals surface area contributed by atoms with E-state index in [9.17, 15) is 30.7 Å². The van der Waals surface area contributed by atoms with E-state index in [1.165, 1.54) is 50.2 Å². The molecule has 3 rings (SSSR count). The van der Waals surface area contributed by atoms with Gasteiger partial charge >= 0.3 is 12.1 Å². The molecule has 0 radical (unpaired) electrons. The zero-order chi connectivity index (χ0) is 24.9. The summed E-state index contributed by atoms with van der Waals surface area (Å²) in [5, 5.41) is 0.